The molecule has 0 bridgehead atoms. The predicted octanol–water partition coefficient (Wildman–Crippen LogP) is 4.53. The Hall–Kier alpha value is -3.04. The minimum Gasteiger partial charge on any atom is -0.494 e. The molecule has 0 unspecified atom stereocenters. The van der Waals surface area contributed by atoms with Crippen molar-refractivity contribution in [1.29, 1.82) is 0 Å². The summed E-state index contributed by atoms with van der Waals surface area (Å²) >= 11 is 1.15. The van der Waals surface area contributed by atoms with Crippen LogP contribution in [0.5, 0.6) is 11.5 Å². The first kappa shape index (κ1) is 22.6. The van der Waals surface area contributed by atoms with Gasteiger partial charge in [-0.05, 0) is 55.1 Å². The van der Waals surface area contributed by atoms with Crippen LogP contribution in [0.25, 0.3) is 0 Å². The van der Waals surface area contributed by atoms with E-state index in [-0.39, 0.29) is 16.5 Å². The highest BCUT2D eigenvalue weighted by Gasteiger charge is 2.15. The summed E-state index contributed by atoms with van der Waals surface area (Å²) in [6, 6.07) is 15.2. The lowest BCUT2D eigenvalue weighted by molar-refractivity contribution is -0.115. The van der Waals surface area contributed by atoms with Crippen molar-refractivity contribution in [3.05, 3.63) is 65.5 Å². The molecule has 0 aliphatic heterocycles. The van der Waals surface area contributed by atoms with E-state index in [4.69, 9.17) is 9.47 Å². The number of thiophene rings is 1. The van der Waals surface area contributed by atoms with Crippen LogP contribution in [-0.4, -0.2) is 27.5 Å². The van der Waals surface area contributed by atoms with Gasteiger partial charge < -0.3 is 14.8 Å². The van der Waals surface area contributed by atoms with Crippen molar-refractivity contribution >= 4 is 38.6 Å². The van der Waals surface area contributed by atoms with Gasteiger partial charge in [0.1, 0.15) is 15.7 Å². The SMILES string of the molecule is CCOc1ccc(OCC)c(NC(=O)Cc2ccc(NS(=O)(=O)c3cccs3)cc2)c1. The van der Waals surface area contributed by atoms with Crippen LogP contribution in [-0.2, 0) is 21.2 Å². The van der Waals surface area contributed by atoms with E-state index in [1.807, 2.05) is 13.8 Å². The lowest BCUT2D eigenvalue weighted by Crippen LogP contribution is -2.15. The molecular formula is C22H24N2O5S2. The van der Waals surface area contributed by atoms with Crippen LogP contribution in [0.4, 0.5) is 11.4 Å². The molecule has 7 nitrogen and oxygen atoms in total. The minimum absolute atomic E-state index is 0.127. The van der Waals surface area contributed by atoms with Crippen LogP contribution in [0.3, 0.4) is 0 Å². The highest BCUT2D eigenvalue weighted by molar-refractivity contribution is 7.94. The minimum atomic E-state index is -3.60. The van der Waals surface area contributed by atoms with Crippen LogP contribution in [0.2, 0.25) is 0 Å². The maximum absolute atomic E-state index is 12.6. The van der Waals surface area contributed by atoms with E-state index in [1.165, 1.54) is 0 Å². The van der Waals surface area contributed by atoms with E-state index in [0.29, 0.717) is 36.1 Å². The molecule has 164 valence electrons. The number of nitrogens with one attached hydrogen (secondary N) is 2. The first-order chi connectivity index (χ1) is 14.9. The largest absolute Gasteiger partial charge is 0.494 e. The van der Waals surface area contributed by atoms with Crippen LogP contribution >= 0.6 is 11.3 Å². The molecule has 0 atom stereocenters. The summed E-state index contributed by atoms with van der Waals surface area (Å²) in [6.45, 7) is 4.75. The molecule has 3 aromatic rings. The molecule has 1 amide bonds. The normalized spacial score (nSPS) is 11.0. The Balaban J connectivity index is 1.65. The molecule has 2 N–H and O–H groups in total. The van der Waals surface area contributed by atoms with E-state index in [2.05, 4.69) is 10.0 Å². The standard InChI is InChI=1S/C22H24N2O5S2/c1-3-28-18-11-12-20(29-4-2)19(15-18)23-21(25)14-16-7-9-17(10-8-16)24-31(26,27)22-6-5-13-30-22/h5-13,15,24H,3-4,14H2,1-2H3,(H,23,25). The monoisotopic (exact) mass is 460 g/mol. The van der Waals surface area contributed by atoms with Gasteiger partial charge in [-0.25, -0.2) is 8.42 Å². The molecule has 0 saturated carbocycles. The lowest BCUT2D eigenvalue weighted by Gasteiger charge is -2.14. The number of ether oxygens (including phenoxy) is 2. The van der Waals surface area contributed by atoms with Gasteiger partial charge in [-0.3, -0.25) is 9.52 Å². The second-order valence-electron chi connectivity index (χ2n) is 6.48. The third-order valence-corrected chi connectivity index (χ3v) is 6.95. The summed E-state index contributed by atoms with van der Waals surface area (Å²) < 4.78 is 38.5. The van der Waals surface area contributed by atoms with E-state index in [9.17, 15) is 13.2 Å². The van der Waals surface area contributed by atoms with Gasteiger partial charge in [0, 0.05) is 11.8 Å². The molecule has 0 aliphatic rings. The maximum Gasteiger partial charge on any atom is 0.271 e. The Bertz CT molecular complexity index is 1110. The Morgan fingerprint density at radius 1 is 1.00 bits per heavy atom. The van der Waals surface area contributed by atoms with Crippen LogP contribution in [0.15, 0.2) is 64.2 Å². The fraction of sp³-hybridized carbons (Fsp3) is 0.227. The van der Waals surface area contributed by atoms with Gasteiger partial charge in [0.2, 0.25) is 5.91 Å². The van der Waals surface area contributed by atoms with Gasteiger partial charge in [-0.1, -0.05) is 18.2 Å². The summed E-state index contributed by atoms with van der Waals surface area (Å²) in [7, 11) is -3.60. The van der Waals surface area contributed by atoms with E-state index < -0.39 is 10.0 Å². The molecule has 0 aliphatic carbocycles. The lowest BCUT2D eigenvalue weighted by atomic mass is 10.1. The zero-order valence-corrected chi connectivity index (χ0v) is 18.9. The van der Waals surface area contributed by atoms with E-state index in [0.717, 1.165) is 16.9 Å². The van der Waals surface area contributed by atoms with Gasteiger partial charge in [0.25, 0.3) is 10.0 Å². The average molecular weight is 461 g/mol. The van der Waals surface area contributed by atoms with Crippen molar-refractivity contribution in [3.8, 4) is 11.5 Å². The number of carbonyl (C=O) groups is 1. The molecule has 31 heavy (non-hydrogen) atoms. The number of carbonyl (C=O) groups excluding carboxylic acids is 1. The van der Waals surface area contributed by atoms with Crippen molar-refractivity contribution in [2.24, 2.45) is 0 Å². The third-order valence-electron chi connectivity index (χ3n) is 4.17. The van der Waals surface area contributed by atoms with Gasteiger partial charge in [0.05, 0.1) is 25.3 Å². The maximum atomic E-state index is 12.6. The number of hydrogen-bond donors (Lipinski definition) is 2. The number of anilines is 2. The quantitative estimate of drug-likeness (QED) is 0.464. The molecule has 3 rings (SSSR count). The Labute approximate surface area is 186 Å². The van der Waals surface area contributed by atoms with Crippen molar-refractivity contribution in [2.75, 3.05) is 23.3 Å². The zero-order chi connectivity index (χ0) is 22.3. The number of benzene rings is 2. The van der Waals surface area contributed by atoms with Gasteiger partial charge in [-0.2, -0.15) is 0 Å². The van der Waals surface area contributed by atoms with Crippen LogP contribution in [0.1, 0.15) is 19.4 Å². The second-order valence-corrected chi connectivity index (χ2v) is 9.34. The van der Waals surface area contributed by atoms with Crippen LogP contribution in [0, 0.1) is 0 Å². The van der Waals surface area contributed by atoms with E-state index >= 15 is 0 Å². The Kier molecular flexibility index (Phi) is 7.54. The summed E-state index contributed by atoms with van der Waals surface area (Å²) in [5.41, 5.74) is 1.72. The molecule has 0 spiro atoms. The van der Waals surface area contributed by atoms with Gasteiger partial charge in [0.15, 0.2) is 0 Å². The summed E-state index contributed by atoms with van der Waals surface area (Å²) in [5, 5.41) is 4.57. The number of amides is 1. The molecule has 2 aromatic carbocycles. The van der Waals surface area contributed by atoms with Crippen molar-refractivity contribution in [3.63, 3.8) is 0 Å². The smallest absolute Gasteiger partial charge is 0.271 e. The molecule has 0 saturated heterocycles. The number of rotatable bonds is 10. The highest BCUT2D eigenvalue weighted by atomic mass is 32.2. The van der Waals surface area contributed by atoms with Gasteiger partial charge >= 0.3 is 0 Å². The summed E-state index contributed by atoms with van der Waals surface area (Å²) in [6.07, 6.45) is 0.127. The van der Waals surface area contributed by atoms with Crippen molar-refractivity contribution in [2.45, 2.75) is 24.5 Å². The topological polar surface area (TPSA) is 93.7 Å². The fourth-order valence-corrected chi connectivity index (χ4v) is 4.89. The molecule has 1 heterocycles. The van der Waals surface area contributed by atoms with Gasteiger partial charge in [-0.15, -0.1) is 11.3 Å². The summed E-state index contributed by atoms with van der Waals surface area (Å²) in [5.74, 6) is 0.989. The van der Waals surface area contributed by atoms with Crippen molar-refractivity contribution in [1.82, 2.24) is 0 Å². The molecule has 9 heteroatoms. The van der Waals surface area contributed by atoms with Crippen LogP contribution < -0.4 is 19.5 Å². The second kappa shape index (κ2) is 10.3. The molecular weight excluding hydrogens is 436 g/mol. The molecule has 1 aromatic heterocycles. The molecule has 0 fully saturated rings. The zero-order valence-electron chi connectivity index (χ0n) is 17.3. The van der Waals surface area contributed by atoms with E-state index in [1.54, 1.807) is 60.0 Å². The first-order valence-electron chi connectivity index (χ1n) is 9.76. The number of hydrogen-bond acceptors (Lipinski definition) is 6. The first-order valence-corrected chi connectivity index (χ1v) is 12.1. The third kappa shape index (κ3) is 6.22. The predicted molar refractivity (Wildman–Crippen MR) is 123 cm³/mol. The Morgan fingerprint density at radius 2 is 1.74 bits per heavy atom. The fourth-order valence-electron chi connectivity index (χ4n) is 2.84. The molecule has 0 radical (unpaired) electrons. The Morgan fingerprint density at radius 3 is 2.39 bits per heavy atom. The summed E-state index contributed by atoms with van der Waals surface area (Å²) in [4.78, 5) is 12.6. The van der Waals surface area contributed by atoms with Crippen molar-refractivity contribution < 1.29 is 22.7 Å². The average Bonchev–Trinajstić information content (AvgIpc) is 3.28. The number of sulfonamides is 1. The highest BCUT2D eigenvalue weighted by Crippen LogP contribution is 2.29.